The molecular formula is C21H22ClN3O. The van der Waals surface area contributed by atoms with Gasteiger partial charge in [-0.25, -0.2) is 0 Å². The second-order valence-electron chi connectivity index (χ2n) is 5.79. The Hall–Kier alpha value is -2.77. The van der Waals surface area contributed by atoms with Crippen molar-refractivity contribution in [3.63, 3.8) is 0 Å². The van der Waals surface area contributed by atoms with E-state index in [1.54, 1.807) is 6.07 Å². The normalized spacial score (nSPS) is 10.9. The standard InChI is InChI=1S/C21H22ClN3O/c1-3-16-8-6-9-17(4-2)20(16)25-21(26)18(12-23)14-24-13-15-7-5-10-19(22)11-15/h5-11,14,24H,3-4,13H2,1-2H3,(H,25,26)/b18-14-. The zero-order valence-corrected chi connectivity index (χ0v) is 15.7. The second kappa shape index (κ2) is 9.65. The Labute approximate surface area is 159 Å². The molecule has 0 spiro atoms. The highest BCUT2D eigenvalue weighted by Gasteiger charge is 2.13. The van der Waals surface area contributed by atoms with E-state index in [9.17, 15) is 10.1 Å². The van der Waals surface area contributed by atoms with E-state index in [4.69, 9.17) is 11.6 Å². The number of benzene rings is 2. The molecule has 0 aliphatic carbocycles. The van der Waals surface area contributed by atoms with E-state index in [1.807, 2.05) is 56.3 Å². The SMILES string of the molecule is CCc1cccc(CC)c1NC(=O)/C(C#N)=C\NCc1cccc(Cl)c1. The summed E-state index contributed by atoms with van der Waals surface area (Å²) in [5.74, 6) is -0.415. The Morgan fingerprint density at radius 2 is 1.81 bits per heavy atom. The molecule has 26 heavy (non-hydrogen) atoms. The van der Waals surface area contributed by atoms with Crippen LogP contribution < -0.4 is 10.6 Å². The second-order valence-corrected chi connectivity index (χ2v) is 6.23. The van der Waals surface area contributed by atoms with Crippen molar-refractivity contribution in [3.05, 3.63) is 76.0 Å². The van der Waals surface area contributed by atoms with Crippen LogP contribution in [0.5, 0.6) is 0 Å². The van der Waals surface area contributed by atoms with Crippen LogP contribution in [0.25, 0.3) is 0 Å². The highest BCUT2D eigenvalue weighted by Crippen LogP contribution is 2.23. The van der Waals surface area contributed by atoms with E-state index in [2.05, 4.69) is 10.6 Å². The first-order chi connectivity index (χ1) is 12.6. The van der Waals surface area contributed by atoms with E-state index >= 15 is 0 Å². The molecule has 0 saturated carbocycles. The van der Waals surface area contributed by atoms with Crippen LogP contribution in [0, 0.1) is 11.3 Å². The third-order valence-corrected chi connectivity index (χ3v) is 4.28. The minimum Gasteiger partial charge on any atom is -0.386 e. The minimum absolute atomic E-state index is 0.0278. The summed E-state index contributed by atoms with van der Waals surface area (Å²) in [5, 5.41) is 15.9. The Balaban J connectivity index is 2.10. The number of hydrogen-bond acceptors (Lipinski definition) is 3. The smallest absolute Gasteiger partial charge is 0.267 e. The monoisotopic (exact) mass is 367 g/mol. The number of carbonyl (C=O) groups is 1. The molecule has 0 aliphatic rings. The molecule has 0 aromatic heterocycles. The summed E-state index contributed by atoms with van der Waals surface area (Å²) < 4.78 is 0. The molecule has 0 bridgehead atoms. The molecule has 0 saturated heterocycles. The van der Waals surface area contributed by atoms with Crippen molar-refractivity contribution < 1.29 is 4.79 Å². The lowest BCUT2D eigenvalue weighted by atomic mass is 10.0. The highest BCUT2D eigenvalue weighted by atomic mass is 35.5. The third kappa shape index (κ3) is 5.11. The van der Waals surface area contributed by atoms with Gasteiger partial charge in [0.1, 0.15) is 11.6 Å². The van der Waals surface area contributed by atoms with Crippen LogP contribution in [0.2, 0.25) is 5.02 Å². The van der Waals surface area contributed by atoms with E-state index in [1.165, 1.54) is 6.20 Å². The first-order valence-electron chi connectivity index (χ1n) is 8.59. The number of para-hydroxylation sites is 1. The van der Waals surface area contributed by atoms with Crippen LogP contribution in [0.3, 0.4) is 0 Å². The molecule has 2 aromatic carbocycles. The van der Waals surface area contributed by atoms with Gasteiger partial charge in [-0.2, -0.15) is 5.26 Å². The molecule has 0 aliphatic heterocycles. The van der Waals surface area contributed by atoms with Gasteiger partial charge in [0.15, 0.2) is 0 Å². The van der Waals surface area contributed by atoms with Gasteiger partial charge in [0.05, 0.1) is 0 Å². The summed E-state index contributed by atoms with van der Waals surface area (Å²) in [7, 11) is 0. The van der Waals surface area contributed by atoms with E-state index < -0.39 is 5.91 Å². The number of amides is 1. The van der Waals surface area contributed by atoms with Crippen molar-refractivity contribution in [3.8, 4) is 6.07 Å². The molecule has 0 atom stereocenters. The Kier molecular flexibility index (Phi) is 7.25. The highest BCUT2D eigenvalue weighted by molar-refractivity contribution is 6.30. The maximum Gasteiger partial charge on any atom is 0.267 e. The molecule has 2 N–H and O–H groups in total. The van der Waals surface area contributed by atoms with Crippen molar-refractivity contribution in [1.29, 1.82) is 5.26 Å². The van der Waals surface area contributed by atoms with Gasteiger partial charge in [-0.05, 0) is 41.7 Å². The number of nitrogens with zero attached hydrogens (tertiary/aromatic N) is 1. The summed E-state index contributed by atoms with van der Waals surface area (Å²) in [6, 6.07) is 15.3. The van der Waals surface area contributed by atoms with Gasteiger partial charge in [0.2, 0.25) is 0 Å². The summed E-state index contributed by atoms with van der Waals surface area (Å²) in [6.07, 6.45) is 3.06. The topological polar surface area (TPSA) is 64.9 Å². The average Bonchev–Trinajstić information content (AvgIpc) is 2.65. The lowest BCUT2D eigenvalue weighted by molar-refractivity contribution is -0.112. The Bertz CT molecular complexity index is 830. The van der Waals surface area contributed by atoms with E-state index in [0.717, 1.165) is 35.2 Å². The summed E-state index contributed by atoms with van der Waals surface area (Å²) in [6.45, 7) is 4.56. The maximum absolute atomic E-state index is 12.5. The maximum atomic E-state index is 12.5. The summed E-state index contributed by atoms with van der Waals surface area (Å²) in [5.41, 5.74) is 3.92. The molecule has 2 aromatic rings. The number of aryl methyl sites for hydroxylation is 2. The Morgan fingerprint density at radius 1 is 1.15 bits per heavy atom. The number of carbonyl (C=O) groups excluding carboxylic acids is 1. The van der Waals surface area contributed by atoms with Gasteiger partial charge in [0, 0.05) is 23.5 Å². The molecule has 2 rings (SSSR count). The number of anilines is 1. The zero-order chi connectivity index (χ0) is 18.9. The molecule has 0 unspecified atom stereocenters. The first-order valence-corrected chi connectivity index (χ1v) is 8.97. The van der Waals surface area contributed by atoms with E-state index in [-0.39, 0.29) is 5.57 Å². The van der Waals surface area contributed by atoms with Crippen molar-refractivity contribution in [2.45, 2.75) is 33.2 Å². The first kappa shape index (κ1) is 19.6. The number of hydrogen-bond donors (Lipinski definition) is 2. The van der Waals surface area contributed by atoms with Gasteiger partial charge in [-0.3, -0.25) is 4.79 Å². The van der Waals surface area contributed by atoms with Gasteiger partial charge < -0.3 is 10.6 Å². The molecule has 134 valence electrons. The molecule has 1 amide bonds. The fraction of sp³-hybridized carbons (Fsp3) is 0.238. The largest absolute Gasteiger partial charge is 0.386 e. The molecule has 0 radical (unpaired) electrons. The van der Waals surface area contributed by atoms with Crippen LogP contribution >= 0.6 is 11.6 Å². The predicted octanol–water partition coefficient (Wildman–Crippen LogP) is 4.60. The van der Waals surface area contributed by atoms with Crippen molar-refractivity contribution in [2.75, 3.05) is 5.32 Å². The van der Waals surface area contributed by atoms with Crippen LogP contribution in [-0.2, 0) is 24.2 Å². The number of nitriles is 1. The van der Waals surface area contributed by atoms with Crippen LogP contribution in [0.15, 0.2) is 54.2 Å². The quantitative estimate of drug-likeness (QED) is 0.555. The molecular weight excluding hydrogens is 346 g/mol. The predicted molar refractivity (Wildman–Crippen MR) is 106 cm³/mol. The lowest BCUT2D eigenvalue weighted by Crippen LogP contribution is -2.18. The van der Waals surface area contributed by atoms with Crippen molar-refractivity contribution in [1.82, 2.24) is 5.32 Å². The fourth-order valence-corrected chi connectivity index (χ4v) is 2.86. The Morgan fingerprint density at radius 3 is 2.38 bits per heavy atom. The summed E-state index contributed by atoms with van der Waals surface area (Å²) >= 11 is 5.95. The minimum atomic E-state index is -0.415. The average molecular weight is 368 g/mol. The van der Waals surface area contributed by atoms with Crippen molar-refractivity contribution >= 4 is 23.2 Å². The molecule has 0 heterocycles. The lowest BCUT2D eigenvalue weighted by Gasteiger charge is -2.14. The number of halogens is 1. The van der Waals surface area contributed by atoms with Gasteiger partial charge in [0.25, 0.3) is 5.91 Å². The number of nitrogens with one attached hydrogen (secondary N) is 2. The molecule has 5 heteroatoms. The third-order valence-electron chi connectivity index (χ3n) is 4.04. The molecule has 0 fully saturated rings. The van der Waals surface area contributed by atoms with Crippen LogP contribution in [-0.4, -0.2) is 5.91 Å². The number of rotatable bonds is 7. The van der Waals surface area contributed by atoms with Crippen LogP contribution in [0.1, 0.15) is 30.5 Å². The van der Waals surface area contributed by atoms with E-state index in [0.29, 0.717) is 11.6 Å². The fourth-order valence-electron chi connectivity index (χ4n) is 2.65. The van der Waals surface area contributed by atoms with Crippen LogP contribution in [0.4, 0.5) is 5.69 Å². The molecule has 4 nitrogen and oxygen atoms in total. The van der Waals surface area contributed by atoms with Crippen molar-refractivity contribution in [2.24, 2.45) is 0 Å². The zero-order valence-electron chi connectivity index (χ0n) is 15.0. The van der Waals surface area contributed by atoms with Gasteiger partial charge >= 0.3 is 0 Å². The van der Waals surface area contributed by atoms with Gasteiger partial charge in [-0.15, -0.1) is 0 Å². The summed E-state index contributed by atoms with van der Waals surface area (Å²) in [4.78, 5) is 12.5. The van der Waals surface area contributed by atoms with Gasteiger partial charge in [-0.1, -0.05) is 55.8 Å².